The van der Waals surface area contributed by atoms with Crippen LogP contribution in [0.3, 0.4) is 0 Å². The van der Waals surface area contributed by atoms with Gasteiger partial charge in [0, 0.05) is 41.5 Å². The Kier molecular flexibility index (Phi) is 5.46. The number of aromatic nitrogens is 4. The maximum Gasteiger partial charge on any atom is 0.333 e. The van der Waals surface area contributed by atoms with Crippen LogP contribution in [0.15, 0.2) is 55.0 Å². The average molecular weight is 471 g/mol. The van der Waals surface area contributed by atoms with Crippen molar-refractivity contribution in [3.63, 3.8) is 0 Å². The Labute approximate surface area is 189 Å². The maximum absolute atomic E-state index is 11.1. The Morgan fingerprint density at radius 2 is 2.03 bits per heavy atom. The van der Waals surface area contributed by atoms with Gasteiger partial charge in [-0.15, -0.1) is 0 Å². The van der Waals surface area contributed by atoms with Gasteiger partial charge in [0.2, 0.25) is 0 Å². The van der Waals surface area contributed by atoms with Gasteiger partial charge in [0.05, 0.1) is 24.4 Å². The number of aliphatic hydroxyl groups excluding tert-OH is 2. The predicted molar refractivity (Wildman–Crippen MR) is 120 cm³/mol. The second-order valence-corrected chi connectivity index (χ2v) is 9.26. The lowest BCUT2D eigenvalue weighted by atomic mass is 10.0. The van der Waals surface area contributed by atoms with Gasteiger partial charge >= 0.3 is 10.3 Å². The molecule has 0 amide bonds. The van der Waals surface area contributed by atoms with Crippen LogP contribution in [0.4, 0.5) is 5.82 Å². The molecule has 0 spiro atoms. The summed E-state index contributed by atoms with van der Waals surface area (Å²) < 4.78 is 28.4. The van der Waals surface area contributed by atoms with Crippen molar-refractivity contribution in [3.05, 3.63) is 55.0 Å². The minimum atomic E-state index is -4.14. The maximum atomic E-state index is 11.1. The molecule has 1 aromatic carbocycles. The highest BCUT2D eigenvalue weighted by molar-refractivity contribution is 7.84. The number of aliphatic hydroxyl groups is 2. The van der Waals surface area contributed by atoms with E-state index in [1.807, 2.05) is 30.3 Å². The number of hydrogen-bond donors (Lipinski definition) is 4. The van der Waals surface area contributed by atoms with E-state index in [1.54, 1.807) is 29.2 Å². The number of benzene rings is 1. The van der Waals surface area contributed by atoms with Crippen molar-refractivity contribution in [2.24, 2.45) is 11.1 Å². The van der Waals surface area contributed by atoms with E-state index >= 15 is 0 Å². The fraction of sp³-hybridized carbons (Fsp3) is 0.286. The first-order valence-corrected chi connectivity index (χ1v) is 11.7. The largest absolute Gasteiger partial charge is 0.390 e. The Hall–Kier alpha value is -3.16. The molecule has 0 radical (unpaired) electrons. The smallest absolute Gasteiger partial charge is 0.333 e. The van der Waals surface area contributed by atoms with E-state index in [2.05, 4.69) is 19.5 Å². The van der Waals surface area contributed by atoms with E-state index in [0.29, 0.717) is 11.5 Å². The molecule has 0 saturated heterocycles. The molecular formula is C21H22N6O5S. The quantitative estimate of drug-likeness (QED) is 0.317. The van der Waals surface area contributed by atoms with E-state index in [9.17, 15) is 18.6 Å². The number of anilines is 1. The highest BCUT2D eigenvalue weighted by Gasteiger charge is 2.42. The summed E-state index contributed by atoms with van der Waals surface area (Å²) in [4.78, 5) is 8.55. The van der Waals surface area contributed by atoms with Crippen LogP contribution in [0, 0.1) is 5.92 Å². The van der Waals surface area contributed by atoms with Crippen LogP contribution in [-0.2, 0) is 14.5 Å². The van der Waals surface area contributed by atoms with Gasteiger partial charge in [-0.2, -0.15) is 18.0 Å². The van der Waals surface area contributed by atoms with E-state index in [0.717, 1.165) is 22.0 Å². The van der Waals surface area contributed by atoms with Crippen molar-refractivity contribution >= 4 is 32.5 Å². The second kappa shape index (κ2) is 8.32. The first-order valence-electron chi connectivity index (χ1n) is 10.3. The molecule has 1 saturated carbocycles. The second-order valence-electron chi connectivity index (χ2n) is 8.04. The lowest BCUT2D eigenvalue weighted by molar-refractivity contribution is 0.00777. The van der Waals surface area contributed by atoms with Crippen LogP contribution >= 0.6 is 0 Å². The van der Waals surface area contributed by atoms with E-state index in [-0.39, 0.29) is 13.0 Å². The fourth-order valence-electron chi connectivity index (χ4n) is 4.29. The van der Waals surface area contributed by atoms with Crippen LogP contribution in [0.25, 0.3) is 27.7 Å². The monoisotopic (exact) mass is 470 g/mol. The van der Waals surface area contributed by atoms with Crippen molar-refractivity contribution in [3.8, 4) is 11.3 Å². The highest BCUT2D eigenvalue weighted by Crippen LogP contribution is 2.31. The van der Waals surface area contributed by atoms with Gasteiger partial charge in [-0.05, 0) is 23.9 Å². The first-order chi connectivity index (χ1) is 15.8. The average Bonchev–Trinajstić information content (AvgIpc) is 3.34. The third kappa shape index (κ3) is 4.26. The molecule has 0 aliphatic heterocycles. The molecule has 3 heterocycles. The summed E-state index contributed by atoms with van der Waals surface area (Å²) in [5, 5.41) is 35.6. The van der Waals surface area contributed by atoms with Crippen LogP contribution < -0.4 is 10.5 Å². The highest BCUT2D eigenvalue weighted by atomic mass is 32.2. The van der Waals surface area contributed by atoms with Gasteiger partial charge in [0.25, 0.3) is 0 Å². The van der Waals surface area contributed by atoms with E-state index < -0.39 is 34.5 Å². The lowest BCUT2D eigenvalue weighted by Crippen LogP contribution is -2.36. The van der Waals surface area contributed by atoms with Crippen molar-refractivity contribution in [1.82, 2.24) is 19.6 Å². The number of pyridine rings is 1. The summed E-state index contributed by atoms with van der Waals surface area (Å²) in [6.07, 6.45) is 3.11. The summed E-state index contributed by atoms with van der Waals surface area (Å²) in [5.41, 5.74) is 2.26. The zero-order chi connectivity index (χ0) is 23.2. The van der Waals surface area contributed by atoms with Gasteiger partial charge in [-0.3, -0.25) is 9.17 Å². The fourth-order valence-corrected chi connectivity index (χ4v) is 4.65. The minimum absolute atomic E-state index is 0.270. The summed E-state index contributed by atoms with van der Waals surface area (Å²) in [7, 11) is -4.14. The SMILES string of the molecule is NS(=O)(=O)OC[C@H]1C[C@@H](Nc2ccnc3cc(-c4cccc5cnccc45)nn23)[C@H](O)[C@@H]1O. The normalized spacial score (nSPS) is 23.4. The summed E-state index contributed by atoms with van der Waals surface area (Å²) in [6.45, 7) is -0.317. The van der Waals surface area contributed by atoms with Gasteiger partial charge in [0.15, 0.2) is 5.65 Å². The molecule has 12 heteroatoms. The topological polar surface area (TPSA) is 165 Å². The van der Waals surface area contributed by atoms with Gasteiger partial charge < -0.3 is 15.5 Å². The van der Waals surface area contributed by atoms with Crippen LogP contribution in [0.1, 0.15) is 6.42 Å². The lowest BCUT2D eigenvalue weighted by Gasteiger charge is -2.19. The number of hydrogen-bond acceptors (Lipinski definition) is 9. The molecule has 172 valence electrons. The number of nitrogens with one attached hydrogen (secondary N) is 1. The van der Waals surface area contributed by atoms with Gasteiger partial charge in [-0.25, -0.2) is 10.1 Å². The molecular weight excluding hydrogens is 448 g/mol. The Balaban J connectivity index is 1.43. The molecule has 0 bridgehead atoms. The van der Waals surface area contributed by atoms with Crippen molar-refractivity contribution in [1.29, 1.82) is 0 Å². The molecule has 4 aromatic rings. The molecule has 1 aliphatic rings. The van der Waals surface area contributed by atoms with Crippen molar-refractivity contribution in [2.45, 2.75) is 24.7 Å². The summed E-state index contributed by atoms with van der Waals surface area (Å²) in [6, 6.07) is 10.8. The van der Waals surface area contributed by atoms with E-state index in [1.165, 1.54) is 0 Å². The summed E-state index contributed by atoms with van der Waals surface area (Å²) >= 11 is 0. The molecule has 11 nitrogen and oxygen atoms in total. The molecule has 5 rings (SSSR count). The first kappa shape index (κ1) is 21.7. The predicted octanol–water partition coefficient (Wildman–Crippen LogP) is 0.687. The third-order valence-corrected chi connectivity index (χ3v) is 6.36. The van der Waals surface area contributed by atoms with Crippen LogP contribution in [-0.4, -0.2) is 63.1 Å². The van der Waals surface area contributed by atoms with Crippen molar-refractivity contribution in [2.75, 3.05) is 11.9 Å². The molecule has 1 aliphatic carbocycles. The Bertz CT molecular complexity index is 1420. The van der Waals surface area contributed by atoms with Crippen LogP contribution in [0.2, 0.25) is 0 Å². The molecule has 5 N–H and O–H groups in total. The third-order valence-electron chi connectivity index (χ3n) is 5.90. The minimum Gasteiger partial charge on any atom is -0.390 e. The number of nitrogens with zero attached hydrogens (tertiary/aromatic N) is 4. The molecule has 3 aromatic heterocycles. The number of rotatable bonds is 6. The zero-order valence-electron chi connectivity index (χ0n) is 17.3. The zero-order valence-corrected chi connectivity index (χ0v) is 18.1. The van der Waals surface area contributed by atoms with Crippen molar-refractivity contribution < 1.29 is 22.8 Å². The Morgan fingerprint density at radius 1 is 1.18 bits per heavy atom. The van der Waals surface area contributed by atoms with Gasteiger partial charge in [-0.1, -0.05) is 18.2 Å². The molecule has 33 heavy (non-hydrogen) atoms. The van der Waals surface area contributed by atoms with Gasteiger partial charge in [0.1, 0.15) is 11.9 Å². The summed E-state index contributed by atoms with van der Waals surface area (Å²) in [5.74, 6) is -0.0388. The Morgan fingerprint density at radius 3 is 2.85 bits per heavy atom. The van der Waals surface area contributed by atoms with Crippen LogP contribution in [0.5, 0.6) is 0 Å². The number of nitrogens with two attached hydrogens (primary N) is 1. The number of fused-ring (bicyclic) bond motifs is 2. The van der Waals surface area contributed by atoms with E-state index in [4.69, 9.17) is 10.2 Å². The molecule has 0 unspecified atom stereocenters. The standard InChI is InChI=1S/C21H22N6O5S/c22-33(30,31)32-11-13-8-17(21(29)20(13)28)25-18-5-7-24-19-9-16(26-27(18)19)15-3-1-2-12-10-23-6-4-14(12)15/h1-7,9-10,13,17,20-21,25,28-29H,8,11H2,(H2,22,30,31)/t13-,17-,20-,21+/m1/s1. The molecule has 4 atom stereocenters. The molecule has 1 fully saturated rings.